The van der Waals surface area contributed by atoms with E-state index in [0.29, 0.717) is 16.5 Å². The number of anilines is 2. The normalized spacial score (nSPS) is 18.8. The summed E-state index contributed by atoms with van der Waals surface area (Å²) in [7, 11) is 0. The van der Waals surface area contributed by atoms with Crippen LogP contribution in [0.15, 0.2) is 30.3 Å². The van der Waals surface area contributed by atoms with Gasteiger partial charge < -0.3 is 19.7 Å². The lowest BCUT2D eigenvalue weighted by molar-refractivity contribution is -0.119. The van der Waals surface area contributed by atoms with Crippen molar-refractivity contribution in [2.24, 2.45) is 5.92 Å². The number of esters is 1. The second kappa shape index (κ2) is 8.97. The maximum Gasteiger partial charge on any atom is 0.348 e. The average Bonchev–Trinajstić information content (AvgIpc) is 3.16. The van der Waals surface area contributed by atoms with Crippen LogP contribution < -0.4 is 10.2 Å². The monoisotopic (exact) mass is 414 g/mol. The smallest absolute Gasteiger partial charge is 0.348 e. The van der Waals surface area contributed by atoms with Crippen molar-refractivity contribution >= 4 is 34.6 Å². The predicted octanol–water partition coefficient (Wildman–Crippen LogP) is 3.51. The van der Waals surface area contributed by atoms with E-state index in [0.717, 1.165) is 51.3 Å². The van der Waals surface area contributed by atoms with Gasteiger partial charge >= 0.3 is 5.97 Å². The third kappa shape index (κ3) is 4.97. The van der Waals surface area contributed by atoms with Crippen LogP contribution in [0.3, 0.4) is 0 Å². The van der Waals surface area contributed by atoms with Gasteiger partial charge in [-0.1, -0.05) is 6.92 Å². The van der Waals surface area contributed by atoms with Crippen LogP contribution in [0.5, 0.6) is 0 Å². The van der Waals surface area contributed by atoms with E-state index in [1.807, 2.05) is 30.3 Å². The van der Waals surface area contributed by atoms with E-state index in [9.17, 15) is 9.59 Å². The van der Waals surface area contributed by atoms with Crippen molar-refractivity contribution in [1.29, 1.82) is 0 Å². The standard InChI is InChI=1S/C22H26N2O4S/c1-15-2-7-19-16(12-15)13-20(29-19)22(26)28-14-21(25)23-17-3-5-18(6-4-17)24-8-10-27-11-9-24/h3-6,13,15H,2,7-12,14H2,1H3,(H,23,25)/t15-/m0/s1. The average molecular weight is 415 g/mol. The van der Waals surface area contributed by atoms with Crippen molar-refractivity contribution < 1.29 is 19.1 Å². The van der Waals surface area contributed by atoms with Gasteiger partial charge in [0.25, 0.3) is 5.91 Å². The molecule has 1 amide bonds. The molecule has 1 N–H and O–H groups in total. The number of morpholine rings is 1. The molecule has 1 fully saturated rings. The molecule has 0 radical (unpaired) electrons. The Bertz CT molecular complexity index is 871. The van der Waals surface area contributed by atoms with E-state index in [-0.39, 0.29) is 12.5 Å². The van der Waals surface area contributed by atoms with E-state index in [1.54, 1.807) is 0 Å². The molecule has 1 aromatic heterocycles. The number of carbonyl (C=O) groups is 2. The fourth-order valence-electron chi connectivity index (χ4n) is 3.78. The molecule has 2 aromatic rings. The molecule has 1 saturated heterocycles. The number of hydrogen-bond donors (Lipinski definition) is 1. The topological polar surface area (TPSA) is 67.9 Å². The molecule has 2 heterocycles. The summed E-state index contributed by atoms with van der Waals surface area (Å²) in [6.07, 6.45) is 3.20. The number of nitrogens with one attached hydrogen (secondary N) is 1. The summed E-state index contributed by atoms with van der Waals surface area (Å²) in [6, 6.07) is 9.60. The lowest BCUT2D eigenvalue weighted by Crippen LogP contribution is -2.36. The van der Waals surface area contributed by atoms with Crippen molar-refractivity contribution in [2.75, 3.05) is 43.1 Å². The van der Waals surface area contributed by atoms with Gasteiger partial charge in [-0.15, -0.1) is 11.3 Å². The zero-order valence-electron chi connectivity index (χ0n) is 16.6. The molecule has 2 aliphatic rings. The van der Waals surface area contributed by atoms with Crippen molar-refractivity contribution in [3.05, 3.63) is 45.6 Å². The molecule has 1 aromatic carbocycles. The van der Waals surface area contributed by atoms with Crippen molar-refractivity contribution in [1.82, 2.24) is 0 Å². The summed E-state index contributed by atoms with van der Waals surface area (Å²) in [5.41, 5.74) is 3.04. The van der Waals surface area contributed by atoms with Crippen LogP contribution in [-0.4, -0.2) is 44.8 Å². The van der Waals surface area contributed by atoms with Gasteiger partial charge in [0.15, 0.2) is 6.61 Å². The Morgan fingerprint density at radius 1 is 1.24 bits per heavy atom. The van der Waals surface area contributed by atoms with E-state index >= 15 is 0 Å². The lowest BCUT2D eigenvalue weighted by Gasteiger charge is -2.28. The number of amides is 1. The number of thiophene rings is 1. The van der Waals surface area contributed by atoms with Crippen LogP contribution in [0, 0.1) is 5.92 Å². The Labute approximate surface area is 174 Å². The fourth-order valence-corrected chi connectivity index (χ4v) is 4.88. The summed E-state index contributed by atoms with van der Waals surface area (Å²) < 4.78 is 10.6. The Kier molecular flexibility index (Phi) is 6.16. The molecule has 0 spiro atoms. The number of hydrogen-bond acceptors (Lipinski definition) is 6. The highest BCUT2D eigenvalue weighted by Crippen LogP contribution is 2.32. The fraction of sp³-hybridized carbons (Fsp3) is 0.455. The van der Waals surface area contributed by atoms with Crippen LogP contribution in [0.4, 0.5) is 11.4 Å². The first kappa shape index (κ1) is 19.9. The summed E-state index contributed by atoms with van der Waals surface area (Å²) in [5, 5.41) is 2.78. The van der Waals surface area contributed by atoms with Crippen molar-refractivity contribution in [3.8, 4) is 0 Å². The first-order chi connectivity index (χ1) is 14.1. The zero-order chi connectivity index (χ0) is 20.2. The summed E-state index contributed by atoms with van der Waals surface area (Å²) in [6.45, 7) is 5.14. The van der Waals surface area contributed by atoms with Gasteiger partial charge in [0.2, 0.25) is 0 Å². The van der Waals surface area contributed by atoms with Crippen LogP contribution >= 0.6 is 11.3 Å². The molecule has 4 rings (SSSR count). The molecule has 0 saturated carbocycles. The molecule has 154 valence electrons. The largest absolute Gasteiger partial charge is 0.451 e. The van der Waals surface area contributed by atoms with E-state index in [1.165, 1.54) is 21.8 Å². The third-order valence-electron chi connectivity index (χ3n) is 5.39. The number of rotatable bonds is 5. The second-order valence-corrected chi connectivity index (χ2v) is 8.81. The van der Waals surface area contributed by atoms with E-state index < -0.39 is 5.97 Å². The minimum atomic E-state index is -0.421. The molecule has 6 nitrogen and oxygen atoms in total. The van der Waals surface area contributed by atoms with Gasteiger partial charge in [-0.25, -0.2) is 4.79 Å². The van der Waals surface area contributed by atoms with Crippen molar-refractivity contribution in [2.45, 2.75) is 26.2 Å². The molecule has 7 heteroatoms. The summed E-state index contributed by atoms with van der Waals surface area (Å²) in [4.78, 5) is 28.6. The molecular weight excluding hydrogens is 388 g/mol. The Hall–Kier alpha value is -2.38. The maximum atomic E-state index is 12.3. The van der Waals surface area contributed by atoms with Crippen LogP contribution in [0.2, 0.25) is 0 Å². The first-order valence-corrected chi connectivity index (χ1v) is 10.9. The van der Waals surface area contributed by atoms with Gasteiger partial charge in [0.1, 0.15) is 4.88 Å². The molecule has 1 aliphatic carbocycles. The molecule has 29 heavy (non-hydrogen) atoms. The molecule has 0 unspecified atom stereocenters. The first-order valence-electron chi connectivity index (χ1n) is 10.1. The SMILES string of the molecule is C[C@H]1CCc2sc(C(=O)OCC(=O)Nc3ccc(N4CCOCC4)cc3)cc2C1. The highest BCUT2D eigenvalue weighted by molar-refractivity contribution is 7.14. The number of ether oxygens (including phenoxy) is 2. The van der Waals surface area contributed by atoms with Gasteiger partial charge in [-0.3, -0.25) is 4.79 Å². The predicted molar refractivity (Wildman–Crippen MR) is 114 cm³/mol. The van der Waals surface area contributed by atoms with Gasteiger partial charge in [-0.05, 0) is 61.1 Å². The minimum Gasteiger partial charge on any atom is -0.451 e. The Morgan fingerprint density at radius 2 is 2.00 bits per heavy atom. The second-order valence-electron chi connectivity index (χ2n) is 7.68. The minimum absolute atomic E-state index is 0.289. The van der Waals surface area contributed by atoms with Crippen LogP contribution in [0.1, 0.15) is 33.5 Å². The number of aryl methyl sites for hydroxylation is 1. The Balaban J connectivity index is 1.27. The van der Waals surface area contributed by atoms with Gasteiger partial charge in [0, 0.05) is 29.3 Å². The number of benzene rings is 1. The van der Waals surface area contributed by atoms with E-state index in [4.69, 9.17) is 9.47 Å². The third-order valence-corrected chi connectivity index (χ3v) is 6.61. The lowest BCUT2D eigenvalue weighted by atomic mass is 9.90. The number of nitrogens with zero attached hydrogens (tertiary/aromatic N) is 1. The highest BCUT2D eigenvalue weighted by atomic mass is 32.1. The quantitative estimate of drug-likeness (QED) is 0.759. The molecule has 1 aliphatic heterocycles. The summed E-state index contributed by atoms with van der Waals surface area (Å²) in [5.74, 6) is -0.108. The number of fused-ring (bicyclic) bond motifs is 1. The van der Waals surface area contributed by atoms with Crippen LogP contribution in [-0.2, 0) is 27.1 Å². The number of carbonyl (C=O) groups excluding carboxylic acids is 2. The van der Waals surface area contributed by atoms with E-state index in [2.05, 4.69) is 17.1 Å². The molecular formula is C22H26N2O4S. The summed E-state index contributed by atoms with van der Waals surface area (Å²) >= 11 is 1.50. The van der Waals surface area contributed by atoms with Crippen molar-refractivity contribution in [3.63, 3.8) is 0 Å². The zero-order valence-corrected chi connectivity index (χ0v) is 17.4. The van der Waals surface area contributed by atoms with Gasteiger partial charge in [-0.2, -0.15) is 0 Å². The van der Waals surface area contributed by atoms with Gasteiger partial charge in [0.05, 0.1) is 13.2 Å². The highest BCUT2D eigenvalue weighted by Gasteiger charge is 2.21. The molecule has 0 bridgehead atoms. The maximum absolute atomic E-state index is 12.3. The Morgan fingerprint density at radius 3 is 2.76 bits per heavy atom. The molecule has 1 atom stereocenters. The van der Waals surface area contributed by atoms with Crippen LogP contribution in [0.25, 0.3) is 0 Å².